The number of hydrogen-bond donors (Lipinski definition) is 2. The first-order chi connectivity index (χ1) is 18.0. The van der Waals surface area contributed by atoms with Gasteiger partial charge in [0.15, 0.2) is 5.82 Å². The highest BCUT2D eigenvalue weighted by Crippen LogP contribution is 2.31. The van der Waals surface area contributed by atoms with Gasteiger partial charge in [0.25, 0.3) is 0 Å². The molecular formula is C28H34FN7O. The minimum absolute atomic E-state index is 0.00141. The van der Waals surface area contributed by atoms with E-state index in [-0.39, 0.29) is 11.7 Å². The molecule has 2 fully saturated rings. The van der Waals surface area contributed by atoms with Gasteiger partial charge in [0.05, 0.1) is 30.3 Å². The van der Waals surface area contributed by atoms with Crippen LogP contribution in [0.5, 0.6) is 0 Å². The molecule has 1 saturated heterocycles. The lowest BCUT2D eigenvalue weighted by molar-refractivity contribution is 0.0819. The SMILES string of the molecule is [C-]#[N+]c1ccc(-c2cc(NC[C@H]3CCC[C@H](N)C3)nn2-c2ccc(N3CCC(OC)CC3)cn2)cc1F. The van der Waals surface area contributed by atoms with Crippen molar-refractivity contribution in [1.82, 2.24) is 14.8 Å². The van der Waals surface area contributed by atoms with Gasteiger partial charge in [-0.05, 0) is 56.2 Å². The van der Waals surface area contributed by atoms with E-state index in [1.165, 1.54) is 12.1 Å². The number of hydrogen-bond acceptors (Lipinski definition) is 6. The second-order valence-electron chi connectivity index (χ2n) is 10.1. The Hall–Kier alpha value is -3.48. The first kappa shape index (κ1) is 25.2. The highest BCUT2D eigenvalue weighted by atomic mass is 19.1. The van der Waals surface area contributed by atoms with Crippen LogP contribution in [-0.2, 0) is 4.74 Å². The summed E-state index contributed by atoms with van der Waals surface area (Å²) in [7, 11) is 1.77. The van der Waals surface area contributed by atoms with E-state index in [4.69, 9.17) is 27.1 Å². The molecule has 0 spiro atoms. The fourth-order valence-electron chi connectivity index (χ4n) is 5.41. The van der Waals surface area contributed by atoms with Crippen LogP contribution in [0.3, 0.4) is 0 Å². The quantitative estimate of drug-likeness (QED) is 0.433. The average molecular weight is 504 g/mol. The second kappa shape index (κ2) is 11.3. The Morgan fingerprint density at radius 3 is 2.68 bits per heavy atom. The fraction of sp³-hybridized carbons (Fsp3) is 0.464. The number of nitrogens with zero attached hydrogens (tertiary/aromatic N) is 5. The molecule has 3 N–H and O–H groups in total. The van der Waals surface area contributed by atoms with E-state index >= 15 is 0 Å². The first-order valence-electron chi connectivity index (χ1n) is 13.0. The van der Waals surface area contributed by atoms with Gasteiger partial charge >= 0.3 is 0 Å². The van der Waals surface area contributed by atoms with Crippen molar-refractivity contribution >= 4 is 17.2 Å². The molecule has 194 valence electrons. The highest BCUT2D eigenvalue weighted by Gasteiger charge is 2.22. The van der Waals surface area contributed by atoms with Gasteiger partial charge in [-0.3, -0.25) is 0 Å². The molecule has 0 bridgehead atoms. The summed E-state index contributed by atoms with van der Waals surface area (Å²) in [5, 5.41) is 8.26. The number of methoxy groups -OCH3 is 1. The Labute approximate surface area is 217 Å². The lowest BCUT2D eigenvalue weighted by atomic mass is 9.86. The molecule has 3 heterocycles. The van der Waals surface area contributed by atoms with Crippen LogP contribution in [0.25, 0.3) is 21.9 Å². The molecule has 3 aromatic rings. The van der Waals surface area contributed by atoms with Gasteiger partial charge in [-0.15, -0.1) is 5.10 Å². The van der Waals surface area contributed by atoms with Crippen molar-refractivity contribution in [2.45, 2.75) is 50.7 Å². The Balaban J connectivity index is 1.40. The number of nitrogens with one attached hydrogen (secondary N) is 1. The molecule has 1 saturated carbocycles. The highest BCUT2D eigenvalue weighted by molar-refractivity contribution is 5.68. The smallest absolute Gasteiger partial charge is 0.222 e. The maximum Gasteiger partial charge on any atom is 0.222 e. The fourth-order valence-corrected chi connectivity index (χ4v) is 5.41. The lowest BCUT2D eigenvalue weighted by Gasteiger charge is -2.32. The van der Waals surface area contributed by atoms with Gasteiger partial charge in [0, 0.05) is 44.4 Å². The van der Waals surface area contributed by atoms with E-state index in [0.717, 1.165) is 63.8 Å². The minimum Gasteiger partial charge on any atom is -0.381 e. The second-order valence-corrected chi connectivity index (χ2v) is 10.1. The molecule has 2 atom stereocenters. The summed E-state index contributed by atoms with van der Waals surface area (Å²) < 4.78 is 21.7. The molecule has 1 aliphatic carbocycles. The molecule has 1 aliphatic heterocycles. The van der Waals surface area contributed by atoms with Gasteiger partial charge in [0.1, 0.15) is 11.6 Å². The molecular weight excluding hydrogens is 469 g/mol. The Bertz CT molecular complexity index is 1240. The summed E-state index contributed by atoms with van der Waals surface area (Å²) in [6, 6.07) is 10.8. The monoisotopic (exact) mass is 503 g/mol. The van der Waals surface area contributed by atoms with E-state index in [0.29, 0.717) is 34.9 Å². The maximum atomic E-state index is 14.5. The van der Waals surface area contributed by atoms with Crippen LogP contribution >= 0.6 is 0 Å². The molecule has 0 unspecified atom stereocenters. The van der Waals surface area contributed by atoms with Crippen LogP contribution in [0.15, 0.2) is 42.6 Å². The van der Waals surface area contributed by atoms with Crippen molar-refractivity contribution in [2.75, 3.05) is 37.0 Å². The number of ether oxygens (including phenoxy) is 1. The molecule has 9 heteroatoms. The third kappa shape index (κ3) is 5.76. The third-order valence-electron chi connectivity index (χ3n) is 7.56. The number of piperidine rings is 1. The summed E-state index contributed by atoms with van der Waals surface area (Å²) >= 11 is 0. The van der Waals surface area contributed by atoms with Gasteiger partial charge in [-0.25, -0.2) is 18.9 Å². The van der Waals surface area contributed by atoms with E-state index in [1.54, 1.807) is 17.9 Å². The number of aromatic nitrogens is 3. The average Bonchev–Trinajstić information content (AvgIpc) is 3.36. The van der Waals surface area contributed by atoms with Crippen LogP contribution in [0, 0.1) is 18.3 Å². The molecule has 0 radical (unpaired) electrons. The summed E-state index contributed by atoms with van der Waals surface area (Å²) in [5.74, 6) is 1.31. The Morgan fingerprint density at radius 2 is 2.00 bits per heavy atom. The zero-order valence-corrected chi connectivity index (χ0v) is 21.2. The normalized spacial score (nSPS) is 20.5. The van der Waals surface area contributed by atoms with E-state index < -0.39 is 5.82 Å². The predicted molar refractivity (Wildman–Crippen MR) is 144 cm³/mol. The van der Waals surface area contributed by atoms with E-state index in [1.807, 2.05) is 18.3 Å². The Morgan fingerprint density at radius 1 is 1.16 bits per heavy atom. The molecule has 2 aromatic heterocycles. The van der Waals surface area contributed by atoms with Crippen LogP contribution in [0.1, 0.15) is 38.5 Å². The zero-order chi connectivity index (χ0) is 25.8. The summed E-state index contributed by atoms with van der Waals surface area (Å²) in [4.78, 5) is 10.3. The zero-order valence-electron chi connectivity index (χ0n) is 21.2. The molecule has 8 nitrogen and oxygen atoms in total. The summed E-state index contributed by atoms with van der Waals surface area (Å²) in [6.07, 6.45) is 8.58. The molecule has 1 aromatic carbocycles. The maximum absolute atomic E-state index is 14.5. The predicted octanol–water partition coefficient (Wildman–Crippen LogP) is 5.17. The van der Waals surface area contributed by atoms with Crippen LogP contribution in [-0.4, -0.2) is 53.7 Å². The third-order valence-corrected chi connectivity index (χ3v) is 7.56. The molecule has 2 aliphatic rings. The van der Waals surface area contributed by atoms with Crippen molar-refractivity contribution in [3.05, 3.63) is 59.8 Å². The van der Waals surface area contributed by atoms with Crippen LogP contribution in [0.2, 0.25) is 0 Å². The molecule has 37 heavy (non-hydrogen) atoms. The van der Waals surface area contributed by atoms with Crippen LogP contribution < -0.4 is 16.0 Å². The lowest BCUT2D eigenvalue weighted by Crippen LogP contribution is -2.36. The number of anilines is 2. The summed E-state index contributed by atoms with van der Waals surface area (Å²) in [6.45, 7) is 9.81. The number of pyridine rings is 1. The Kier molecular flexibility index (Phi) is 7.68. The topological polar surface area (TPSA) is 85.6 Å². The van der Waals surface area contributed by atoms with Crippen molar-refractivity contribution in [1.29, 1.82) is 0 Å². The first-order valence-corrected chi connectivity index (χ1v) is 13.0. The minimum atomic E-state index is -0.547. The van der Waals surface area contributed by atoms with Gasteiger partial charge < -0.3 is 20.7 Å². The van der Waals surface area contributed by atoms with Gasteiger partial charge in [0.2, 0.25) is 5.69 Å². The summed E-state index contributed by atoms with van der Waals surface area (Å²) in [5.41, 5.74) is 8.58. The number of benzene rings is 1. The largest absolute Gasteiger partial charge is 0.381 e. The standard InChI is InChI=1S/C28H34FN7O/c1-31-25-8-6-20(15-24(25)29)26-16-27(32-17-19-4-3-5-21(30)14-19)34-36(26)28-9-7-22(18-33-28)35-12-10-23(37-2)11-13-35/h6-9,15-16,18-19,21,23H,3-5,10-14,17,30H2,2H3,(H,32,34)/t19-,21-/m0/s1. The molecule has 0 amide bonds. The van der Waals surface area contributed by atoms with Gasteiger partial charge in [-0.2, -0.15) is 0 Å². The molecule has 5 rings (SSSR count). The van der Waals surface area contributed by atoms with Gasteiger partial charge in [-0.1, -0.05) is 18.6 Å². The number of rotatable bonds is 7. The number of halogens is 1. The van der Waals surface area contributed by atoms with Crippen molar-refractivity contribution < 1.29 is 9.13 Å². The van der Waals surface area contributed by atoms with Crippen molar-refractivity contribution in [3.8, 4) is 17.1 Å². The number of nitrogens with two attached hydrogens (primary N) is 1. The van der Waals surface area contributed by atoms with E-state index in [9.17, 15) is 4.39 Å². The van der Waals surface area contributed by atoms with E-state index in [2.05, 4.69) is 21.1 Å². The van der Waals surface area contributed by atoms with Crippen molar-refractivity contribution in [2.24, 2.45) is 11.7 Å². The van der Waals surface area contributed by atoms with Crippen LogP contribution in [0.4, 0.5) is 21.6 Å². The van der Waals surface area contributed by atoms with Crippen molar-refractivity contribution in [3.63, 3.8) is 0 Å².